The van der Waals surface area contributed by atoms with Crippen molar-refractivity contribution in [3.05, 3.63) is 99.8 Å². The Morgan fingerprint density at radius 3 is 2.82 bits per heavy atom. The molecule has 0 bridgehead atoms. The lowest BCUT2D eigenvalue weighted by Crippen LogP contribution is -2.20. The van der Waals surface area contributed by atoms with E-state index in [0.29, 0.717) is 57.4 Å². The quantitative estimate of drug-likeness (QED) is 0.122. The first kappa shape index (κ1) is 25.8. The number of hydrogen-bond acceptors (Lipinski definition) is 6. The van der Waals surface area contributed by atoms with Crippen LogP contribution >= 0.6 is 11.6 Å². The first-order valence-electron chi connectivity index (χ1n) is 12.2. The molecule has 0 radical (unpaired) electrons. The van der Waals surface area contributed by atoms with Gasteiger partial charge in [0.15, 0.2) is 17.3 Å². The van der Waals surface area contributed by atoms with Crippen molar-refractivity contribution in [2.24, 2.45) is 5.10 Å². The van der Waals surface area contributed by atoms with E-state index in [4.69, 9.17) is 36.9 Å². The standard InChI is InChI=1S/C31H24ClN3O4/c1-4-9-21-15-20(16-27(37-6-3)29(21)38-14-5-2)19-33-35-30(34-25-11-8-7-10-24(25)31(35)36)28-18-22-17-23(32)12-13-26(22)39-28/h2,4,7-8,10-13,15-19H,1,6,9,14H2,3H3. The lowest BCUT2D eigenvalue weighted by Gasteiger charge is -2.15. The number of rotatable bonds is 9. The zero-order chi connectivity index (χ0) is 27.4. The van der Waals surface area contributed by atoms with Gasteiger partial charge in [0.2, 0.25) is 5.82 Å². The van der Waals surface area contributed by atoms with Gasteiger partial charge in [-0.05, 0) is 67.4 Å². The number of para-hydroxylation sites is 1. The van der Waals surface area contributed by atoms with Crippen LogP contribution in [0.1, 0.15) is 18.1 Å². The van der Waals surface area contributed by atoms with Gasteiger partial charge in [0.25, 0.3) is 5.56 Å². The van der Waals surface area contributed by atoms with Crippen LogP contribution in [0.3, 0.4) is 0 Å². The molecule has 2 heterocycles. The molecule has 0 saturated heterocycles. The van der Waals surface area contributed by atoms with Gasteiger partial charge in [-0.25, -0.2) is 4.98 Å². The van der Waals surface area contributed by atoms with E-state index in [1.807, 2.05) is 19.1 Å². The lowest BCUT2D eigenvalue weighted by molar-refractivity contribution is 0.297. The zero-order valence-electron chi connectivity index (χ0n) is 21.2. The molecular formula is C31H24ClN3O4. The molecule has 0 saturated carbocycles. The Labute approximate surface area is 230 Å². The number of aromatic nitrogens is 2. The molecule has 2 aromatic heterocycles. The van der Waals surface area contributed by atoms with Crippen LogP contribution in [0.25, 0.3) is 33.5 Å². The summed E-state index contributed by atoms with van der Waals surface area (Å²) in [5, 5.41) is 6.35. The third-order valence-electron chi connectivity index (χ3n) is 5.89. The van der Waals surface area contributed by atoms with Gasteiger partial charge >= 0.3 is 0 Å². The highest BCUT2D eigenvalue weighted by Gasteiger charge is 2.17. The van der Waals surface area contributed by atoms with E-state index >= 15 is 0 Å². The summed E-state index contributed by atoms with van der Waals surface area (Å²) in [7, 11) is 0. The van der Waals surface area contributed by atoms with Gasteiger partial charge in [-0.3, -0.25) is 4.79 Å². The molecule has 5 aromatic rings. The Morgan fingerprint density at radius 1 is 1.18 bits per heavy atom. The molecule has 5 rings (SSSR count). The molecule has 194 valence electrons. The molecule has 0 aliphatic carbocycles. The van der Waals surface area contributed by atoms with Crippen LogP contribution < -0.4 is 15.0 Å². The van der Waals surface area contributed by atoms with Crippen LogP contribution in [-0.4, -0.2) is 29.1 Å². The number of allylic oxidation sites excluding steroid dienone is 1. The van der Waals surface area contributed by atoms with Crippen molar-refractivity contribution in [1.82, 2.24) is 9.66 Å². The Kier molecular flexibility index (Phi) is 7.48. The maximum Gasteiger partial charge on any atom is 0.282 e. The molecule has 0 amide bonds. The van der Waals surface area contributed by atoms with Crippen LogP contribution in [0.15, 0.2) is 87.6 Å². The lowest BCUT2D eigenvalue weighted by atomic mass is 10.1. The van der Waals surface area contributed by atoms with Crippen LogP contribution in [0.2, 0.25) is 5.02 Å². The number of fused-ring (bicyclic) bond motifs is 2. The molecule has 3 aromatic carbocycles. The van der Waals surface area contributed by atoms with E-state index < -0.39 is 0 Å². The molecule has 0 fully saturated rings. The largest absolute Gasteiger partial charge is 0.490 e. The van der Waals surface area contributed by atoms with Gasteiger partial charge in [-0.2, -0.15) is 9.78 Å². The van der Waals surface area contributed by atoms with Crippen molar-refractivity contribution in [2.75, 3.05) is 13.2 Å². The predicted octanol–water partition coefficient (Wildman–Crippen LogP) is 6.48. The van der Waals surface area contributed by atoms with E-state index in [2.05, 4.69) is 17.6 Å². The Balaban J connectivity index is 1.67. The highest BCUT2D eigenvalue weighted by molar-refractivity contribution is 6.31. The van der Waals surface area contributed by atoms with Gasteiger partial charge in [-0.15, -0.1) is 13.0 Å². The monoisotopic (exact) mass is 537 g/mol. The molecule has 0 unspecified atom stereocenters. The summed E-state index contributed by atoms with van der Waals surface area (Å²) >= 11 is 6.16. The van der Waals surface area contributed by atoms with Crippen molar-refractivity contribution in [3.8, 4) is 35.4 Å². The Bertz CT molecular complexity index is 1830. The van der Waals surface area contributed by atoms with Crippen LogP contribution in [0.5, 0.6) is 11.5 Å². The third kappa shape index (κ3) is 5.28. The minimum Gasteiger partial charge on any atom is -0.490 e. The molecule has 0 aliphatic rings. The molecular weight excluding hydrogens is 514 g/mol. The van der Waals surface area contributed by atoms with Crippen molar-refractivity contribution in [3.63, 3.8) is 0 Å². The van der Waals surface area contributed by atoms with Gasteiger partial charge in [0.1, 0.15) is 12.2 Å². The fraction of sp³-hybridized carbons (Fsp3) is 0.129. The molecule has 7 nitrogen and oxygen atoms in total. The van der Waals surface area contributed by atoms with Gasteiger partial charge in [-0.1, -0.05) is 35.7 Å². The molecule has 0 aliphatic heterocycles. The molecule has 39 heavy (non-hydrogen) atoms. The summed E-state index contributed by atoms with van der Waals surface area (Å²) in [5.41, 5.74) is 2.32. The smallest absolute Gasteiger partial charge is 0.282 e. The average Bonchev–Trinajstić information content (AvgIpc) is 3.35. The first-order chi connectivity index (χ1) is 19.0. The second-order valence-corrected chi connectivity index (χ2v) is 8.97. The molecule has 0 spiro atoms. The minimum atomic E-state index is -0.337. The highest BCUT2D eigenvalue weighted by atomic mass is 35.5. The van der Waals surface area contributed by atoms with Crippen molar-refractivity contribution in [1.29, 1.82) is 0 Å². The second-order valence-electron chi connectivity index (χ2n) is 8.53. The average molecular weight is 538 g/mol. The van der Waals surface area contributed by atoms with Crippen molar-refractivity contribution >= 4 is 39.7 Å². The van der Waals surface area contributed by atoms with Gasteiger partial charge < -0.3 is 13.9 Å². The summed E-state index contributed by atoms with van der Waals surface area (Å²) in [6.45, 7) is 6.25. The van der Waals surface area contributed by atoms with Crippen LogP contribution in [0.4, 0.5) is 0 Å². The maximum atomic E-state index is 13.6. The topological polar surface area (TPSA) is 78.9 Å². The molecule has 0 atom stereocenters. The Hall–Kier alpha value is -4.80. The van der Waals surface area contributed by atoms with Crippen LogP contribution in [-0.2, 0) is 6.42 Å². The predicted molar refractivity (Wildman–Crippen MR) is 155 cm³/mol. The number of hydrogen-bond donors (Lipinski definition) is 0. The van der Waals surface area contributed by atoms with E-state index in [1.165, 1.54) is 4.68 Å². The van der Waals surface area contributed by atoms with E-state index in [9.17, 15) is 4.79 Å². The fourth-order valence-electron chi connectivity index (χ4n) is 4.24. The number of halogens is 1. The zero-order valence-corrected chi connectivity index (χ0v) is 21.9. The SMILES string of the molecule is C#CCOc1c(CC=C)cc(C=Nn2c(-c3cc4cc(Cl)ccc4o3)nc3ccccc3c2=O)cc1OCC. The Morgan fingerprint density at radius 2 is 2.03 bits per heavy atom. The normalized spacial score (nSPS) is 11.2. The van der Waals surface area contributed by atoms with E-state index in [-0.39, 0.29) is 18.0 Å². The van der Waals surface area contributed by atoms with Gasteiger partial charge in [0, 0.05) is 16.0 Å². The summed E-state index contributed by atoms with van der Waals surface area (Å²) in [6.07, 6.45) is 9.26. The van der Waals surface area contributed by atoms with E-state index in [1.54, 1.807) is 60.8 Å². The summed E-state index contributed by atoms with van der Waals surface area (Å²) < 4.78 is 18.9. The second kappa shape index (κ2) is 11.3. The first-order valence-corrected chi connectivity index (χ1v) is 12.6. The summed E-state index contributed by atoms with van der Waals surface area (Å²) in [4.78, 5) is 18.3. The van der Waals surface area contributed by atoms with Crippen molar-refractivity contribution < 1.29 is 13.9 Å². The number of ether oxygens (including phenoxy) is 2. The van der Waals surface area contributed by atoms with Gasteiger partial charge in [0.05, 0.1) is 23.7 Å². The number of furan rings is 1. The molecule has 8 heteroatoms. The minimum absolute atomic E-state index is 0.0991. The summed E-state index contributed by atoms with van der Waals surface area (Å²) in [5.74, 6) is 4.19. The van der Waals surface area contributed by atoms with Crippen molar-refractivity contribution in [2.45, 2.75) is 13.3 Å². The van der Waals surface area contributed by atoms with Crippen LogP contribution in [0, 0.1) is 12.3 Å². The van der Waals surface area contributed by atoms with E-state index in [0.717, 1.165) is 10.9 Å². The third-order valence-corrected chi connectivity index (χ3v) is 6.13. The highest BCUT2D eigenvalue weighted by Crippen LogP contribution is 2.34. The number of terminal acetylenes is 1. The fourth-order valence-corrected chi connectivity index (χ4v) is 4.43. The number of nitrogens with zero attached hydrogens (tertiary/aromatic N) is 3. The number of benzene rings is 3. The maximum absolute atomic E-state index is 13.6. The summed E-state index contributed by atoms with van der Waals surface area (Å²) in [6, 6.07) is 17.9. The molecule has 0 N–H and O–H groups in total.